The number of H-pyrrole nitrogens is 1. The van der Waals surface area contributed by atoms with Crippen molar-refractivity contribution in [3.63, 3.8) is 0 Å². The van der Waals surface area contributed by atoms with Gasteiger partial charge in [-0.3, -0.25) is 9.69 Å². The molecule has 0 unspecified atom stereocenters. The van der Waals surface area contributed by atoms with E-state index in [1.807, 2.05) is 12.1 Å². The van der Waals surface area contributed by atoms with Gasteiger partial charge in [0.25, 0.3) is 5.91 Å². The van der Waals surface area contributed by atoms with E-state index in [1.165, 1.54) is 6.42 Å². The van der Waals surface area contributed by atoms with Crippen molar-refractivity contribution in [1.29, 1.82) is 0 Å². The summed E-state index contributed by atoms with van der Waals surface area (Å²) in [4.78, 5) is 21.5. The Kier molecular flexibility index (Phi) is 2.56. The van der Waals surface area contributed by atoms with Gasteiger partial charge in [0.2, 0.25) is 0 Å². The second kappa shape index (κ2) is 4.10. The standard InChI is InChI=1S/C13H16N4O/c1-17-7-3-6-10(17)13-15-9-5-2-4-8(12(14)18)11(9)16-13/h2,4-5,10H,3,6-7H2,1H3,(H2,14,18)(H,15,16)/t10-/m1/s1. The predicted octanol–water partition coefficient (Wildman–Crippen LogP) is 1.43. The zero-order valence-corrected chi connectivity index (χ0v) is 10.3. The third-order valence-corrected chi connectivity index (χ3v) is 3.63. The Bertz CT molecular complexity index is 604. The summed E-state index contributed by atoms with van der Waals surface area (Å²) in [6.45, 7) is 1.09. The first kappa shape index (κ1) is 11.2. The SMILES string of the molecule is CN1CCC[C@@H]1c1nc2c(C(N)=O)cccc2[nH]1. The van der Waals surface area contributed by atoms with Gasteiger partial charge in [0, 0.05) is 0 Å². The third-order valence-electron chi connectivity index (χ3n) is 3.63. The van der Waals surface area contributed by atoms with Crippen molar-refractivity contribution in [1.82, 2.24) is 14.9 Å². The van der Waals surface area contributed by atoms with Crippen LogP contribution in [0.25, 0.3) is 11.0 Å². The fraction of sp³-hybridized carbons (Fsp3) is 0.385. The molecule has 1 amide bonds. The molecule has 3 rings (SSSR count). The van der Waals surface area contributed by atoms with Gasteiger partial charge in [-0.2, -0.15) is 0 Å². The highest BCUT2D eigenvalue weighted by Gasteiger charge is 2.25. The highest BCUT2D eigenvalue weighted by molar-refractivity contribution is 6.04. The highest BCUT2D eigenvalue weighted by Crippen LogP contribution is 2.30. The Morgan fingerprint density at radius 2 is 2.39 bits per heavy atom. The number of hydrogen-bond donors (Lipinski definition) is 2. The lowest BCUT2D eigenvalue weighted by Gasteiger charge is -2.16. The first-order valence-corrected chi connectivity index (χ1v) is 6.15. The van der Waals surface area contributed by atoms with Crippen LogP contribution >= 0.6 is 0 Å². The van der Waals surface area contributed by atoms with E-state index in [1.54, 1.807) is 6.07 Å². The number of imidazole rings is 1. The molecule has 0 saturated carbocycles. The number of para-hydroxylation sites is 1. The molecule has 1 aromatic carbocycles. The van der Waals surface area contributed by atoms with Gasteiger partial charge in [-0.1, -0.05) is 6.07 Å². The van der Waals surface area contributed by atoms with Crippen LogP contribution < -0.4 is 5.73 Å². The number of carbonyl (C=O) groups excluding carboxylic acids is 1. The Hall–Kier alpha value is -1.88. The van der Waals surface area contributed by atoms with Crippen molar-refractivity contribution in [3.05, 3.63) is 29.6 Å². The molecule has 0 aliphatic carbocycles. The van der Waals surface area contributed by atoms with E-state index in [-0.39, 0.29) is 0 Å². The summed E-state index contributed by atoms with van der Waals surface area (Å²) in [6, 6.07) is 5.78. The van der Waals surface area contributed by atoms with E-state index in [0.29, 0.717) is 17.1 Å². The number of nitrogens with one attached hydrogen (secondary N) is 1. The molecule has 1 aliphatic heterocycles. The molecule has 1 atom stereocenters. The van der Waals surface area contributed by atoms with Gasteiger partial charge < -0.3 is 10.7 Å². The first-order chi connectivity index (χ1) is 8.66. The average molecular weight is 244 g/mol. The fourth-order valence-electron chi connectivity index (χ4n) is 2.66. The number of aromatic amines is 1. The average Bonchev–Trinajstić information content (AvgIpc) is 2.92. The summed E-state index contributed by atoms with van der Waals surface area (Å²) in [5.74, 6) is 0.497. The van der Waals surface area contributed by atoms with Crippen molar-refractivity contribution in [2.75, 3.05) is 13.6 Å². The van der Waals surface area contributed by atoms with Crippen LogP contribution in [0.2, 0.25) is 0 Å². The van der Waals surface area contributed by atoms with Crippen LogP contribution in [0.3, 0.4) is 0 Å². The van der Waals surface area contributed by atoms with Gasteiger partial charge in [0.1, 0.15) is 11.3 Å². The number of carbonyl (C=O) groups is 1. The van der Waals surface area contributed by atoms with Crippen LogP contribution in [0.4, 0.5) is 0 Å². The molecule has 5 nitrogen and oxygen atoms in total. The molecule has 0 spiro atoms. The van der Waals surface area contributed by atoms with Crippen LogP contribution in [0.1, 0.15) is 35.1 Å². The van der Waals surface area contributed by atoms with Gasteiger partial charge in [0.15, 0.2) is 0 Å². The second-order valence-corrected chi connectivity index (χ2v) is 4.83. The van der Waals surface area contributed by atoms with E-state index in [0.717, 1.165) is 24.3 Å². The largest absolute Gasteiger partial charge is 0.366 e. The zero-order chi connectivity index (χ0) is 12.7. The Morgan fingerprint density at radius 3 is 3.06 bits per heavy atom. The lowest BCUT2D eigenvalue weighted by molar-refractivity contribution is 0.100. The minimum atomic E-state index is -0.432. The van der Waals surface area contributed by atoms with Crippen LogP contribution in [0, 0.1) is 0 Å². The molecule has 0 bridgehead atoms. The number of primary amides is 1. The zero-order valence-electron chi connectivity index (χ0n) is 10.3. The molecule has 1 saturated heterocycles. The van der Waals surface area contributed by atoms with Gasteiger partial charge in [-0.25, -0.2) is 4.98 Å². The normalized spacial score (nSPS) is 20.6. The summed E-state index contributed by atoms with van der Waals surface area (Å²) in [7, 11) is 2.10. The molecule has 3 N–H and O–H groups in total. The molecule has 5 heteroatoms. The van der Waals surface area contributed by atoms with Crippen LogP contribution in [0.15, 0.2) is 18.2 Å². The molecule has 2 heterocycles. The number of aromatic nitrogens is 2. The third kappa shape index (κ3) is 1.67. The smallest absolute Gasteiger partial charge is 0.250 e. The van der Waals surface area contributed by atoms with Crippen molar-refractivity contribution in [2.45, 2.75) is 18.9 Å². The Labute approximate surface area is 105 Å². The maximum Gasteiger partial charge on any atom is 0.250 e. The number of benzene rings is 1. The summed E-state index contributed by atoms with van der Waals surface area (Å²) < 4.78 is 0. The van der Waals surface area contributed by atoms with Crippen molar-refractivity contribution < 1.29 is 4.79 Å². The maximum absolute atomic E-state index is 11.4. The number of rotatable bonds is 2. The molecule has 0 radical (unpaired) electrons. The van der Waals surface area contributed by atoms with Gasteiger partial charge in [0.05, 0.1) is 17.1 Å². The van der Waals surface area contributed by atoms with E-state index in [4.69, 9.17) is 5.73 Å². The molecule has 2 aromatic rings. The molecule has 1 aliphatic rings. The summed E-state index contributed by atoms with van der Waals surface area (Å²) in [6.07, 6.45) is 2.28. The Morgan fingerprint density at radius 1 is 1.56 bits per heavy atom. The maximum atomic E-state index is 11.4. The number of nitrogens with zero attached hydrogens (tertiary/aromatic N) is 2. The monoisotopic (exact) mass is 244 g/mol. The molecule has 1 fully saturated rings. The highest BCUT2D eigenvalue weighted by atomic mass is 16.1. The quantitative estimate of drug-likeness (QED) is 0.839. The van der Waals surface area contributed by atoms with Gasteiger partial charge >= 0.3 is 0 Å². The lowest BCUT2D eigenvalue weighted by atomic mass is 10.2. The number of amides is 1. The van der Waals surface area contributed by atoms with Crippen LogP contribution in [-0.4, -0.2) is 34.4 Å². The minimum absolute atomic E-state index is 0.318. The second-order valence-electron chi connectivity index (χ2n) is 4.83. The molecule has 1 aromatic heterocycles. The summed E-state index contributed by atoms with van der Waals surface area (Å²) in [5.41, 5.74) is 7.41. The van der Waals surface area contributed by atoms with E-state index in [9.17, 15) is 4.79 Å². The molecular formula is C13H16N4O. The number of nitrogens with two attached hydrogens (primary N) is 1. The van der Waals surface area contributed by atoms with Gasteiger partial charge in [-0.15, -0.1) is 0 Å². The van der Waals surface area contributed by atoms with Crippen molar-refractivity contribution in [3.8, 4) is 0 Å². The molecule has 94 valence electrons. The topological polar surface area (TPSA) is 75.0 Å². The lowest BCUT2D eigenvalue weighted by Crippen LogP contribution is -2.18. The molecular weight excluding hydrogens is 228 g/mol. The van der Waals surface area contributed by atoms with Gasteiger partial charge in [-0.05, 0) is 38.6 Å². The Balaban J connectivity index is 2.11. The first-order valence-electron chi connectivity index (χ1n) is 6.15. The van der Waals surface area contributed by atoms with Crippen molar-refractivity contribution in [2.24, 2.45) is 5.73 Å². The van der Waals surface area contributed by atoms with E-state index >= 15 is 0 Å². The number of fused-ring (bicyclic) bond motifs is 1. The minimum Gasteiger partial charge on any atom is -0.366 e. The summed E-state index contributed by atoms with van der Waals surface area (Å²) in [5, 5.41) is 0. The fourth-order valence-corrected chi connectivity index (χ4v) is 2.66. The predicted molar refractivity (Wildman–Crippen MR) is 69.2 cm³/mol. The number of likely N-dealkylation sites (tertiary alicyclic amines) is 1. The van der Waals surface area contributed by atoms with E-state index in [2.05, 4.69) is 21.9 Å². The van der Waals surface area contributed by atoms with Crippen molar-refractivity contribution >= 4 is 16.9 Å². The number of hydrogen-bond acceptors (Lipinski definition) is 3. The van der Waals surface area contributed by atoms with Crippen LogP contribution in [-0.2, 0) is 0 Å². The van der Waals surface area contributed by atoms with Crippen LogP contribution in [0.5, 0.6) is 0 Å². The van der Waals surface area contributed by atoms with E-state index < -0.39 is 5.91 Å². The summed E-state index contributed by atoms with van der Waals surface area (Å²) >= 11 is 0. The molecule has 18 heavy (non-hydrogen) atoms.